The summed E-state index contributed by atoms with van der Waals surface area (Å²) in [6, 6.07) is 0. The van der Waals surface area contributed by atoms with Gasteiger partial charge in [0.1, 0.15) is 0 Å². The maximum absolute atomic E-state index is 9.32. The molecule has 0 aliphatic heterocycles. The van der Waals surface area contributed by atoms with Gasteiger partial charge in [0.15, 0.2) is 0 Å². The second kappa shape index (κ2) is 22.6. The average Bonchev–Trinajstić information content (AvgIpc) is 1.84. The molecule has 0 fully saturated rings. The number of hydrogen-bond donors (Lipinski definition) is 1. The summed E-state index contributed by atoms with van der Waals surface area (Å²) in [5.41, 5.74) is 0. The average molecular weight is 589 g/mol. The van der Waals surface area contributed by atoms with Crippen molar-refractivity contribution in [3.05, 3.63) is 15.3 Å². The predicted octanol–water partition coefficient (Wildman–Crippen LogP) is -13.4. The van der Waals surface area contributed by atoms with Crippen LogP contribution in [0.1, 0.15) is 2.85 Å². The van der Waals surface area contributed by atoms with Crippen LogP contribution in [0.25, 0.3) is 0 Å². The zero-order valence-electron chi connectivity index (χ0n) is 14.7. The van der Waals surface area contributed by atoms with Crippen molar-refractivity contribution in [1.82, 2.24) is 6.15 Å². The quantitative estimate of drug-likeness (QED) is 0.138. The maximum atomic E-state index is 9.32. The molecule has 0 aliphatic carbocycles. The maximum Gasteiger partial charge on any atom is 1.00 e. The van der Waals surface area contributed by atoms with Crippen molar-refractivity contribution in [3.63, 3.8) is 0 Å². The van der Waals surface area contributed by atoms with E-state index in [0.717, 1.165) is 0 Å². The summed E-state index contributed by atoms with van der Waals surface area (Å²) in [5.74, 6) is 0. The summed E-state index contributed by atoms with van der Waals surface area (Å²) in [4.78, 5) is 82.8. The van der Waals surface area contributed by atoms with Crippen molar-refractivity contribution in [2.24, 2.45) is 0 Å². The fourth-order valence-electron chi connectivity index (χ4n) is 0.245. The fourth-order valence-corrected chi connectivity index (χ4v) is 2.20. The van der Waals surface area contributed by atoms with Crippen LogP contribution in [-0.4, -0.2) is 10.6 Å². The minimum atomic E-state index is -5.68. The number of hydrogen-bond acceptors (Lipinski definition) is 18. The summed E-state index contributed by atoms with van der Waals surface area (Å²) in [6.07, 6.45) is 0. The number of phosphoric acid groups is 4. The van der Waals surface area contributed by atoms with Gasteiger partial charge < -0.3 is 95.8 Å². The summed E-state index contributed by atoms with van der Waals surface area (Å²) in [6.45, 7) is 0. The Labute approximate surface area is 248 Å². The van der Waals surface area contributed by atoms with Gasteiger partial charge in [0.05, 0.1) is 36.4 Å². The van der Waals surface area contributed by atoms with Crippen LogP contribution < -0.4 is 148 Å². The van der Waals surface area contributed by atoms with Crippen LogP contribution in [0, 0.1) is 15.3 Å². The molecule has 0 spiro atoms. The summed E-state index contributed by atoms with van der Waals surface area (Å²) < 4.78 is 42.3. The van der Waals surface area contributed by atoms with Crippen LogP contribution in [-0.2, 0) is 44.0 Å². The minimum absolute atomic E-state index is 0. The molecule has 167 valence electrons. The molecule has 0 rings (SSSR count). The Morgan fingerprint density at radius 1 is 0.630 bits per heavy atom. The van der Waals surface area contributed by atoms with Crippen molar-refractivity contribution in [2.75, 3.05) is 0 Å². The van der Waals surface area contributed by atoms with Crippen molar-refractivity contribution in [1.29, 1.82) is 0 Å². The summed E-state index contributed by atoms with van der Waals surface area (Å²) in [7, 11) is -22.7. The Morgan fingerprint density at radius 2 is 0.704 bits per heavy atom. The zero-order chi connectivity index (χ0) is 19.0. The van der Waals surface area contributed by atoms with Crippen LogP contribution in [0.4, 0.5) is 0 Å². The molecule has 0 saturated heterocycles. The molecular formula is H7CuK2N2O18P4-9. The van der Waals surface area contributed by atoms with Gasteiger partial charge >= 0.3 is 103 Å². The van der Waals surface area contributed by atoms with Crippen molar-refractivity contribution in [3.8, 4) is 0 Å². The molecule has 0 aromatic carbocycles. The molecule has 0 aliphatic rings. The first-order valence-corrected chi connectivity index (χ1v) is 9.31. The van der Waals surface area contributed by atoms with Crippen LogP contribution in [0.2, 0.25) is 0 Å². The first kappa shape index (κ1) is 52.4. The molecule has 27 heavy (non-hydrogen) atoms. The van der Waals surface area contributed by atoms with E-state index in [4.69, 9.17) is 15.3 Å². The van der Waals surface area contributed by atoms with E-state index in [-0.39, 0.29) is 134 Å². The molecule has 0 saturated carbocycles. The molecule has 0 bridgehead atoms. The normalized spacial score (nSPS) is 10.1. The minimum Gasteiger partial charge on any atom is -1.00 e. The molecule has 0 aromatic rings. The van der Waals surface area contributed by atoms with Crippen molar-refractivity contribution >= 4 is 31.3 Å². The Kier molecular flexibility index (Phi) is 43.9. The second-order valence-corrected chi connectivity index (χ2v) is 7.06. The molecule has 5 N–H and O–H groups in total. The monoisotopic (exact) mass is 588 g/mol. The standard InChI is InChI=1S/Cu.2K.NO3.H3N.2H4O7P2.H2O.2H/c;;;2-1(3)4;;2*1-8(2,3)7-9(4,5)6;;;/h;;;;1H3;2*(H2,1,2,3)(H2,4,5,6);1H2;;/q;2*+1;-1;;;;;2*-1/p-8. The van der Waals surface area contributed by atoms with Gasteiger partial charge in [-0.25, -0.2) is 0 Å². The SMILES string of the molecule is N.O.O=P([O-])([O-])OP(=O)([O-])[O-].O=P([O-])([O-])OP(=O)([O-])[O-].O=[N+]([O-])[O-].[Cu].[H-].[H-].[K+].[K+]. The Hall–Kier alpha value is 3.43. The van der Waals surface area contributed by atoms with Crippen LogP contribution >= 0.6 is 31.3 Å². The zero-order valence-corrected chi connectivity index (χ0v) is 23.5. The van der Waals surface area contributed by atoms with Gasteiger partial charge in [0.25, 0.3) is 0 Å². The van der Waals surface area contributed by atoms with Gasteiger partial charge in [-0.3, -0.25) is 0 Å². The van der Waals surface area contributed by atoms with Crippen molar-refractivity contribution < 1.29 is 199 Å². The molecule has 0 aromatic heterocycles. The van der Waals surface area contributed by atoms with Gasteiger partial charge in [-0.2, -0.15) is 0 Å². The Morgan fingerprint density at radius 3 is 0.704 bits per heavy atom. The molecule has 20 nitrogen and oxygen atoms in total. The number of nitrogens with zero attached hydrogens (tertiary/aromatic N) is 1. The van der Waals surface area contributed by atoms with E-state index in [1.54, 1.807) is 0 Å². The van der Waals surface area contributed by atoms with Gasteiger partial charge in [0, 0.05) is 17.1 Å². The third-order valence-electron chi connectivity index (χ3n) is 0.400. The third kappa shape index (κ3) is 93.0. The molecule has 27 heteroatoms. The molecule has 0 atom stereocenters. The first-order valence-electron chi connectivity index (χ1n) is 3.47. The van der Waals surface area contributed by atoms with E-state index in [2.05, 4.69) is 8.62 Å². The first-order chi connectivity index (χ1) is 9.15. The largest absolute Gasteiger partial charge is 1.00 e. The van der Waals surface area contributed by atoms with E-state index in [1.807, 2.05) is 0 Å². The van der Waals surface area contributed by atoms with E-state index < -0.39 is 36.4 Å². The Balaban J connectivity index is -0.0000000218. The van der Waals surface area contributed by atoms with Crippen LogP contribution in [0.3, 0.4) is 0 Å². The molecule has 0 unspecified atom stereocenters. The van der Waals surface area contributed by atoms with Gasteiger partial charge in [-0.1, -0.05) is 0 Å². The van der Waals surface area contributed by atoms with E-state index in [0.29, 0.717) is 0 Å². The molecular weight excluding hydrogens is 582 g/mol. The Bertz CT molecular complexity index is 450. The second-order valence-electron chi connectivity index (χ2n) is 2.18. The topological polar surface area (TPSA) is 404 Å². The third-order valence-corrected chi connectivity index (χ3v) is 3.60. The fraction of sp³-hybridized carbons (Fsp3) is 0. The van der Waals surface area contributed by atoms with E-state index >= 15 is 0 Å². The number of rotatable bonds is 4. The van der Waals surface area contributed by atoms with Crippen molar-refractivity contribution in [2.45, 2.75) is 0 Å². The van der Waals surface area contributed by atoms with Gasteiger partial charge in [-0.05, 0) is 0 Å². The van der Waals surface area contributed by atoms with Crippen LogP contribution in [0.5, 0.6) is 0 Å². The van der Waals surface area contributed by atoms with E-state index in [9.17, 15) is 57.4 Å². The van der Waals surface area contributed by atoms with Crippen LogP contribution in [0.15, 0.2) is 0 Å². The van der Waals surface area contributed by atoms with E-state index in [1.165, 1.54) is 0 Å². The van der Waals surface area contributed by atoms with Gasteiger partial charge in [-0.15, -0.1) is 0 Å². The molecule has 0 amide bonds. The summed E-state index contributed by atoms with van der Waals surface area (Å²) >= 11 is 0. The summed E-state index contributed by atoms with van der Waals surface area (Å²) in [5, 5.41) is 14.8. The van der Waals surface area contributed by atoms with Gasteiger partial charge in [0.2, 0.25) is 0 Å². The predicted molar refractivity (Wildman–Crippen MR) is 53.8 cm³/mol. The smallest absolute Gasteiger partial charge is 1.00 e. The molecule has 1 radical (unpaired) electrons. The molecule has 0 heterocycles.